The molecule has 0 spiro atoms. The molecule has 1 aromatic carbocycles. The van der Waals surface area contributed by atoms with Crippen LogP contribution in [0.1, 0.15) is 23.3 Å². The third kappa shape index (κ3) is 0.773. The predicted octanol–water partition coefficient (Wildman–Crippen LogP) is 2.65. The molecule has 13 heavy (non-hydrogen) atoms. The molecule has 66 valence electrons. The van der Waals surface area contributed by atoms with Crippen LogP contribution in [-0.2, 0) is 4.74 Å². The van der Waals surface area contributed by atoms with Crippen molar-refractivity contribution in [3.05, 3.63) is 47.0 Å². The van der Waals surface area contributed by atoms with Crippen LogP contribution >= 0.6 is 0 Å². The molecule has 0 aromatic heterocycles. The van der Waals surface area contributed by atoms with Gasteiger partial charge in [0.25, 0.3) is 0 Å². The highest BCUT2D eigenvalue weighted by atomic mass is 19.2. The average Bonchev–Trinajstić information content (AvgIpc) is 2.70. The van der Waals surface area contributed by atoms with Gasteiger partial charge in [0.05, 0.1) is 0 Å². The molecule has 0 amide bonds. The predicted molar refractivity (Wildman–Crippen MR) is 42.1 cm³/mol. The van der Waals surface area contributed by atoms with Gasteiger partial charge in [-0.3, -0.25) is 0 Å². The van der Waals surface area contributed by atoms with E-state index in [1.165, 1.54) is 0 Å². The van der Waals surface area contributed by atoms with Crippen molar-refractivity contribution in [2.75, 3.05) is 0 Å². The van der Waals surface area contributed by atoms with Crippen LogP contribution < -0.4 is 0 Å². The molecule has 0 unspecified atom stereocenters. The first-order chi connectivity index (χ1) is 6.27. The summed E-state index contributed by atoms with van der Waals surface area (Å²) in [5, 5.41) is 0. The van der Waals surface area contributed by atoms with Crippen molar-refractivity contribution in [2.45, 2.75) is 12.2 Å². The van der Waals surface area contributed by atoms with Gasteiger partial charge in [-0.25, -0.2) is 8.78 Å². The standard InChI is InChI=1S/C10H6F2O/c11-6-2-1-5-7-3-4-8(13-7)9(5)10(6)12/h1-4,7-8H/t7-,8+/m1/s1. The lowest BCUT2D eigenvalue weighted by Gasteiger charge is -2.07. The molecule has 2 bridgehead atoms. The minimum Gasteiger partial charge on any atom is -0.357 e. The Bertz CT molecular complexity index is 412. The number of benzene rings is 1. The summed E-state index contributed by atoms with van der Waals surface area (Å²) >= 11 is 0. The zero-order valence-corrected chi connectivity index (χ0v) is 6.63. The summed E-state index contributed by atoms with van der Waals surface area (Å²) < 4.78 is 31.5. The molecule has 2 aliphatic rings. The second kappa shape index (κ2) is 2.17. The van der Waals surface area contributed by atoms with Crippen LogP contribution in [-0.4, -0.2) is 0 Å². The van der Waals surface area contributed by atoms with E-state index in [0.29, 0.717) is 5.56 Å². The van der Waals surface area contributed by atoms with Crippen molar-refractivity contribution < 1.29 is 13.5 Å². The van der Waals surface area contributed by atoms with E-state index >= 15 is 0 Å². The van der Waals surface area contributed by atoms with Crippen molar-refractivity contribution in [1.82, 2.24) is 0 Å². The molecular formula is C10H6F2O. The van der Waals surface area contributed by atoms with Gasteiger partial charge in [-0.05, 0) is 11.6 Å². The van der Waals surface area contributed by atoms with E-state index in [-0.39, 0.29) is 12.2 Å². The number of ether oxygens (including phenoxy) is 1. The first kappa shape index (κ1) is 7.21. The lowest BCUT2D eigenvalue weighted by atomic mass is 9.96. The average molecular weight is 180 g/mol. The second-order valence-corrected chi connectivity index (χ2v) is 3.23. The molecule has 3 heteroatoms. The van der Waals surface area contributed by atoms with E-state index in [2.05, 4.69) is 0 Å². The van der Waals surface area contributed by atoms with E-state index in [1.54, 1.807) is 12.1 Å². The molecule has 0 saturated carbocycles. The van der Waals surface area contributed by atoms with Gasteiger partial charge in [-0.1, -0.05) is 18.2 Å². The summed E-state index contributed by atoms with van der Waals surface area (Å²) in [7, 11) is 0. The van der Waals surface area contributed by atoms with Crippen LogP contribution in [0.15, 0.2) is 24.3 Å². The maximum absolute atomic E-state index is 13.3. The summed E-state index contributed by atoms with van der Waals surface area (Å²) in [6.07, 6.45) is 3.07. The second-order valence-electron chi connectivity index (χ2n) is 3.23. The molecule has 2 atom stereocenters. The van der Waals surface area contributed by atoms with Crippen LogP contribution in [0.5, 0.6) is 0 Å². The first-order valence-electron chi connectivity index (χ1n) is 4.09. The van der Waals surface area contributed by atoms with Gasteiger partial charge < -0.3 is 4.74 Å². The summed E-state index contributed by atoms with van der Waals surface area (Å²) in [5.74, 6) is -1.57. The van der Waals surface area contributed by atoms with Crippen molar-refractivity contribution in [3.63, 3.8) is 0 Å². The van der Waals surface area contributed by atoms with Crippen molar-refractivity contribution in [3.8, 4) is 0 Å². The maximum atomic E-state index is 13.3. The lowest BCUT2D eigenvalue weighted by molar-refractivity contribution is 0.0865. The monoisotopic (exact) mass is 180 g/mol. The largest absolute Gasteiger partial charge is 0.357 e. The smallest absolute Gasteiger partial charge is 0.165 e. The number of halogens is 2. The SMILES string of the molecule is Fc1ccc2c(c1F)[C@@H]1C=C[C@H]2O1. The highest BCUT2D eigenvalue weighted by Gasteiger charge is 2.36. The summed E-state index contributed by atoms with van der Waals surface area (Å²) in [4.78, 5) is 0. The van der Waals surface area contributed by atoms with Gasteiger partial charge in [0, 0.05) is 5.56 Å². The lowest BCUT2D eigenvalue weighted by Crippen LogP contribution is -1.99. The Hall–Kier alpha value is -1.22. The fraction of sp³-hybridized carbons (Fsp3) is 0.200. The summed E-state index contributed by atoms with van der Waals surface area (Å²) in [5.41, 5.74) is 1.12. The van der Waals surface area contributed by atoms with Gasteiger partial charge in [0.1, 0.15) is 12.2 Å². The number of hydrogen-bond acceptors (Lipinski definition) is 1. The van der Waals surface area contributed by atoms with E-state index in [9.17, 15) is 8.78 Å². The van der Waals surface area contributed by atoms with Gasteiger partial charge in [0.2, 0.25) is 0 Å². The molecule has 1 nitrogen and oxygen atoms in total. The fourth-order valence-corrected chi connectivity index (χ4v) is 1.91. The molecule has 3 rings (SSSR count). The highest BCUT2D eigenvalue weighted by Crippen LogP contribution is 2.46. The Kier molecular flexibility index (Phi) is 1.21. The molecule has 0 radical (unpaired) electrons. The Balaban J connectivity index is 2.30. The maximum Gasteiger partial charge on any atom is 0.165 e. The topological polar surface area (TPSA) is 9.23 Å². The van der Waals surface area contributed by atoms with Crippen LogP contribution in [0.4, 0.5) is 8.78 Å². The van der Waals surface area contributed by atoms with Gasteiger partial charge in [-0.2, -0.15) is 0 Å². The van der Waals surface area contributed by atoms with E-state index in [4.69, 9.17) is 4.74 Å². The Morgan fingerprint density at radius 2 is 1.85 bits per heavy atom. The quantitative estimate of drug-likeness (QED) is 0.557. The number of rotatable bonds is 0. The summed E-state index contributed by atoms with van der Waals surface area (Å²) in [6, 6.07) is 2.73. The third-order valence-corrected chi connectivity index (χ3v) is 2.51. The molecular weight excluding hydrogens is 174 g/mol. The fourth-order valence-electron chi connectivity index (χ4n) is 1.91. The molecule has 1 aromatic rings. The van der Waals surface area contributed by atoms with Crippen LogP contribution in [0.25, 0.3) is 0 Å². The highest BCUT2D eigenvalue weighted by molar-refractivity contribution is 5.44. The molecule has 2 heterocycles. The third-order valence-electron chi connectivity index (χ3n) is 2.51. The van der Waals surface area contributed by atoms with Gasteiger partial charge in [-0.15, -0.1) is 0 Å². The summed E-state index contributed by atoms with van der Waals surface area (Å²) in [6.45, 7) is 0. The van der Waals surface area contributed by atoms with Crippen LogP contribution in [0.2, 0.25) is 0 Å². The van der Waals surface area contributed by atoms with E-state index in [0.717, 1.165) is 11.6 Å². The Morgan fingerprint density at radius 1 is 1.08 bits per heavy atom. The number of fused-ring (bicyclic) bond motifs is 5. The van der Waals surface area contributed by atoms with Gasteiger partial charge >= 0.3 is 0 Å². The molecule has 0 aliphatic carbocycles. The van der Waals surface area contributed by atoms with Crippen molar-refractivity contribution >= 4 is 0 Å². The minimum atomic E-state index is -0.802. The number of hydrogen-bond donors (Lipinski definition) is 0. The Labute approximate surface area is 73.6 Å². The molecule has 0 saturated heterocycles. The molecule has 0 fully saturated rings. The van der Waals surface area contributed by atoms with Crippen molar-refractivity contribution in [2.24, 2.45) is 0 Å². The van der Waals surface area contributed by atoms with Crippen LogP contribution in [0, 0.1) is 11.6 Å². The van der Waals surface area contributed by atoms with E-state index in [1.807, 2.05) is 6.08 Å². The molecule has 2 aliphatic heterocycles. The van der Waals surface area contributed by atoms with E-state index < -0.39 is 11.6 Å². The molecule has 0 N–H and O–H groups in total. The van der Waals surface area contributed by atoms with Gasteiger partial charge in [0.15, 0.2) is 11.6 Å². The Morgan fingerprint density at radius 3 is 2.69 bits per heavy atom. The van der Waals surface area contributed by atoms with Crippen molar-refractivity contribution in [1.29, 1.82) is 0 Å². The first-order valence-corrected chi connectivity index (χ1v) is 4.09. The minimum absolute atomic E-state index is 0.171. The zero-order chi connectivity index (χ0) is 9.00. The zero-order valence-electron chi connectivity index (χ0n) is 6.63. The normalized spacial score (nSPS) is 28.2. The van der Waals surface area contributed by atoms with Crippen LogP contribution in [0.3, 0.4) is 0 Å².